The maximum atomic E-state index is 11.4. The van der Waals surface area contributed by atoms with Crippen molar-refractivity contribution >= 4 is 17.9 Å². The molecule has 0 aliphatic carbocycles. The molecule has 5 heteroatoms. The summed E-state index contributed by atoms with van der Waals surface area (Å²) in [6.45, 7) is 5.52. The van der Waals surface area contributed by atoms with E-state index in [0.29, 0.717) is 5.76 Å². The molecule has 0 atom stereocenters. The minimum absolute atomic E-state index is 0.0292. The zero-order chi connectivity index (χ0) is 13.5. The molecule has 1 rings (SSSR count). The summed E-state index contributed by atoms with van der Waals surface area (Å²) in [4.78, 5) is 22.7. The molecule has 1 aromatic heterocycles. The van der Waals surface area contributed by atoms with E-state index < -0.39 is 0 Å². The van der Waals surface area contributed by atoms with E-state index in [1.807, 2.05) is 26.8 Å². The van der Waals surface area contributed by atoms with E-state index in [0.717, 1.165) is 5.76 Å². The van der Waals surface area contributed by atoms with Gasteiger partial charge in [-0.25, -0.2) is 0 Å². The van der Waals surface area contributed by atoms with Crippen LogP contribution in [0.4, 0.5) is 0 Å². The molecule has 2 N–H and O–H groups in total. The largest absolute Gasteiger partial charge is 0.462 e. The summed E-state index contributed by atoms with van der Waals surface area (Å²) in [5.41, 5.74) is 0. The first-order chi connectivity index (χ1) is 8.47. The average molecular weight is 250 g/mol. The maximum absolute atomic E-state index is 11.4. The van der Waals surface area contributed by atoms with Gasteiger partial charge in [0, 0.05) is 12.1 Å². The molecule has 98 valence electrons. The van der Waals surface area contributed by atoms with E-state index in [1.54, 1.807) is 12.1 Å². The smallest absolute Gasteiger partial charge is 0.244 e. The maximum Gasteiger partial charge on any atom is 0.244 e. The monoisotopic (exact) mass is 250 g/mol. The number of hydrogen-bond donors (Lipinski definition) is 2. The van der Waals surface area contributed by atoms with E-state index in [9.17, 15) is 9.59 Å². The van der Waals surface area contributed by atoms with Gasteiger partial charge in [-0.05, 0) is 39.0 Å². The van der Waals surface area contributed by atoms with Crippen LogP contribution in [0.5, 0.6) is 0 Å². The van der Waals surface area contributed by atoms with Crippen molar-refractivity contribution < 1.29 is 14.0 Å². The highest BCUT2D eigenvalue weighted by Gasteiger charge is 2.04. The van der Waals surface area contributed by atoms with Crippen LogP contribution in [0, 0.1) is 6.92 Å². The Bertz CT molecular complexity index is 447. The number of carbonyl (C=O) groups is 2. The fourth-order valence-corrected chi connectivity index (χ4v) is 1.30. The zero-order valence-electron chi connectivity index (χ0n) is 10.8. The van der Waals surface area contributed by atoms with Gasteiger partial charge in [0.1, 0.15) is 11.5 Å². The van der Waals surface area contributed by atoms with Crippen molar-refractivity contribution in [2.45, 2.75) is 26.8 Å². The fraction of sp³-hybridized carbons (Fsp3) is 0.385. The van der Waals surface area contributed by atoms with Gasteiger partial charge in [0.15, 0.2) is 0 Å². The predicted molar refractivity (Wildman–Crippen MR) is 68.8 cm³/mol. The van der Waals surface area contributed by atoms with E-state index >= 15 is 0 Å². The van der Waals surface area contributed by atoms with Gasteiger partial charge in [-0.1, -0.05) is 0 Å². The normalized spacial score (nSPS) is 10.9. The van der Waals surface area contributed by atoms with Crippen LogP contribution in [0.15, 0.2) is 22.6 Å². The van der Waals surface area contributed by atoms with E-state index in [2.05, 4.69) is 10.6 Å². The van der Waals surface area contributed by atoms with Crippen molar-refractivity contribution in [2.75, 3.05) is 6.54 Å². The summed E-state index contributed by atoms with van der Waals surface area (Å²) in [5, 5.41) is 5.16. The molecule has 0 bridgehead atoms. The molecule has 0 fully saturated rings. The summed E-state index contributed by atoms with van der Waals surface area (Å²) in [6, 6.07) is 3.65. The number of amides is 2. The van der Waals surface area contributed by atoms with Crippen molar-refractivity contribution in [1.29, 1.82) is 0 Å². The van der Waals surface area contributed by atoms with Crippen LogP contribution in [0.25, 0.3) is 6.08 Å². The molecule has 0 spiro atoms. The lowest BCUT2D eigenvalue weighted by Gasteiger charge is -2.07. The first-order valence-electron chi connectivity index (χ1n) is 5.79. The Morgan fingerprint density at radius 3 is 2.67 bits per heavy atom. The van der Waals surface area contributed by atoms with Crippen LogP contribution in [0.3, 0.4) is 0 Å². The van der Waals surface area contributed by atoms with Crippen LogP contribution in [0.2, 0.25) is 0 Å². The molecular formula is C13H18N2O3. The molecular weight excluding hydrogens is 232 g/mol. The minimum atomic E-state index is -0.331. The summed E-state index contributed by atoms with van der Waals surface area (Å²) < 4.78 is 5.27. The van der Waals surface area contributed by atoms with E-state index in [1.165, 1.54) is 6.08 Å². The van der Waals surface area contributed by atoms with E-state index in [4.69, 9.17) is 4.42 Å². The highest BCUT2D eigenvalue weighted by molar-refractivity contribution is 5.94. The van der Waals surface area contributed by atoms with Crippen LogP contribution in [-0.2, 0) is 9.59 Å². The summed E-state index contributed by atoms with van der Waals surface area (Å²) >= 11 is 0. The molecule has 0 aliphatic heterocycles. The van der Waals surface area contributed by atoms with Crippen LogP contribution < -0.4 is 10.6 Å². The highest BCUT2D eigenvalue weighted by atomic mass is 16.3. The summed E-state index contributed by atoms with van der Waals surface area (Å²) in [7, 11) is 0. The van der Waals surface area contributed by atoms with Gasteiger partial charge in [0.05, 0.1) is 6.54 Å². The van der Waals surface area contributed by atoms with Crippen LogP contribution in [0.1, 0.15) is 25.4 Å². The summed E-state index contributed by atoms with van der Waals surface area (Å²) in [6.07, 6.45) is 2.89. The van der Waals surface area contributed by atoms with Crippen LogP contribution >= 0.6 is 0 Å². The molecule has 0 saturated carbocycles. The Kier molecular flexibility index (Phi) is 5.17. The van der Waals surface area contributed by atoms with Gasteiger partial charge in [-0.2, -0.15) is 0 Å². The SMILES string of the molecule is Cc1ccc(/C=C/C(=O)NCC(=O)NC(C)C)o1. The third-order valence-corrected chi connectivity index (χ3v) is 2.03. The number of aryl methyl sites for hydroxylation is 1. The first-order valence-corrected chi connectivity index (χ1v) is 5.79. The molecule has 0 aliphatic rings. The average Bonchev–Trinajstić information content (AvgIpc) is 2.69. The number of nitrogens with one attached hydrogen (secondary N) is 2. The van der Waals surface area contributed by atoms with Gasteiger partial charge in [-0.3, -0.25) is 9.59 Å². The molecule has 0 radical (unpaired) electrons. The molecule has 1 aromatic rings. The Balaban J connectivity index is 2.33. The third kappa shape index (κ3) is 5.34. The van der Waals surface area contributed by atoms with Gasteiger partial charge in [0.2, 0.25) is 11.8 Å². The Labute approximate surface area is 106 Å². The van der Waals surface area contributed by atoms with Gasteiger partial charge >= 0.3 is 0 Å². The lowest BCUT2D eigenvalue weighted by Crippen LogP contribution is -2.39. The standard InChI is InChI=1S/C13H18N2O3/c1-9(2)15-13(17)8-14-12(16)7-6-11-5-4-10(3)18-11/h4-7,9H,8H2,1-3H3,(H,14,16)(H,15,17)/b7-6+. The van der Waals surface area contributed by atoms with Crippen molar-refractivity contribution in [3.63, 3.8) is 0 Å². The van der Waals surface area contributed by atoms with Gasteiger partial charge in [0.25, 0.3) is 0 Å². The lowest BCUT2D eigenvalue weighted by atomic mass is 10.3. The fourth-order valence-electron chi connectivity index (χ4n) is 1.30. The first kappa shape index (κ1) is 14.0. The van der Waals surface area contributed by atoms with Crippen molar-refractivity contribution in [2.24, 2.45) is 0 Å². The molecule has 2 amide bonds. The van der Waals surface area contributed by atoms with E-state index in [-0.39, 0.29) is 24.4 Å². The summed E-state index contributed by atoms with van der Waals surface area (Å²) in [5.74, 6) is 0.851. The number of hydrogen-bond acceptors (Lipinski definition) is 3. The minimum Gasteiger partial charge on any atom is -0.462 e. The Hall–Kier alpha value is -2.04. The topological polar surface area (TPSA) is 71.3 Å². The Morgan fingerprint density at radius 1 is 1.39 bits per heavy atom. The third-order valence-electron chi connectivity index (χ3n) is 2.03. The second-order valence-electron chi connectivity index (χ2n) is 4.22. The zero-order valence-corrected chi connectivity index (χ0v) is 10.8. The van der Waals surface area contributed by atoms with Crippen molar-refractivity contribution in [3.8, 4) is 0 Å². The number of carbonyl (C=O) groups excluding carboxylic acids is 2. The van der Waals surface area contributed by atoms with Gasteiger partial charge in [-0.15, -0.1) is 0 Å². The molecule has 5 nitrogen and oxygen atoms in total. The van der Waals surface area contributed by atoms with Crippen molar-refractivity contribution in [1.82, 2.24) is 10.6 Å². The highest BCUT2D eigenvalue weighted by Crippen LogP contribution is 2.07. The molecule has 1 heterocycles. The molecule has 18 heavy (non-hydrogen) atoms. The lowest BCUT2D eigenvalue weighted by molar-refractivity contribution is -0.124. The van der Waals surface area contributed by atoms with Gasteiger partial charge < -0.3 is 15.1 Å². The van der Waals surface area contributed by atoms with Crippen molar-refractivity contribution in [3.05, 3.63) is 29.7 Å². The second kappa shape index (κ2) is 6.64. The number of furan rings is 1. The quantitative estimate of drug-likeness (QED) is 0.772. The second-order valence-corrected chi connectivity index (χ2v) is 4.22. The molecule has 0 saturated heterocycles. The molecule has 0 aromatic carbocycles. The molecule has 0 unspecified atom stereocenters. The van der Waals surface area contributed by atoms with Crippen LogP contribution in [-0.4, -0.2) is 24.4 Å². The Morgan fingerprint density at radius 2 is 2.11 bits per heavy atom. The predicted octanol–water partition coefficient (Wildman–Crippen LogP) is 1.24. The number of rotatable bonds is 5.